The van der Waals surface area contributed by atoms with Gasteiger partial charge in [-0.1, -0.05) is 15.9 Å². The number of hydrogen-bond acceptors (Lipinski definition) is 6. The molecule has 0 aliphatic carbocycles. The first kappa shape index (κ1) is 20.0. The minimum Gasteiger partial charge on any atom is -0.495 e. The molecule has 0 aliphatic heterocycles. The van der Waals surface area contributed by atoms with E-state index in [-0.39, 0.29) is 16.3 Å². The lowest BCUT2D eigenvalue weighted by atomic mass is 10.2. The van der Waals surface area contributed by atoms with Crippen LogP contribution in [0.4, 0.5) is 5.82 Å². The van der Waals surface area contributed by atoms with Gasteiger partial charge < -0.3 is 4.74 Å². The Balaban J connectivity index is 1.85. The topological polar surface area (TPSA) is 103 Å². The highest BCUT2D eigenvalue weighted by Crippen LogP contribution is 2.29. The second-order valence-corrected chi connectivity index (χ2v) is 8.86. The fourth-order valence-electron chi connectivity index (χ4n) is 3.03. The smallest absolute Gasteiger partial charge is 0.263 e. The van der Waals surface area contributed by atoms with Crippen LogP contribution in [-0.2, 0) is 10.0 Å². The first-order valence-electron chi connectivity index (χ1n) is 8.69. The number of sulfonamides is 1. The van der Waals surface area contributed by atoms with Gasteiger partial charge in [0.25, 0.3) is 15.6 Å². The van der Waals surface area contributed by atoms with E-state index in [1.165, 1.54) is 42.1 Å². The lowest BCUT2D eigenvalue weighted by molar-refractivity contribution is 0.412. The number of nitrogens with zero attached hydrogens (tertiary/aromatic N) is 3. The Morgan fingerprint density at radius 2 is 1.90 bits per heavy atom. The maximum atomic E-state index is 12.7. The molecule has 0 saturated carbocycles. The maximum Gasteiger partial charge on any atom is 0.263 e. The van der Waals surface area contributed by atoms with Gasteiger partial charge in [-0.2, -0.15) is 5.10 Å². The molecule has 0 aliphatic rings. The summed E-state index contributed by atoms with van der Waals surface area (Å²) in [4.78, 5) is 12.7. The van der Waals surface area contributed by atoms with Crippen LogP contribution in [0.3, 0.4) is 0 Å². The molecule has 8 nitrogen and oxygen atoms in total. The summed E-state index contributed by atoms with van der Waals surface area (Å²) in [6.07, 6.45) is 1.45. The van der Waals surface area contributed by atoms with Crippen molar-refractivity contribution in [3.63, 3.8) is 0 Å². The quantitative estimate of drug-likeness (QED) is 0.463. The number of pyridine rings is 1. The molecular formula is C20H15BrN4O4S. The monoisotopic (exact) mass is 486 g/mol. The minimum absolute atomic E-state index is 0.0358. The number of anilines is 1. The minimum atomic E-state index is -3.88. The molecular weight excluding hydrogens is 472 g/mol. The zero-order chi connectivity index (χ0) is 21.3. The number of ether oxygens (including phenoxy) is 1. The summed E-state index contributed by atoms with van der Waals surface area (Å²) in [7, 11) is -2.36. The molecule has 0 saturated heterocycles. The molecule has 4 aromatic rings. The number of halogens is 1. The van der Waals surface area contributed by atoms with E-state index in [0.29, 0.717) is 22.3 Å². The van der Waals surface area contributed by atoms with Gasteiger partial charge in [-0.25, -0.2) is 8.42 Å². The number of fused-ring (bicyclic) bond motifs is 1. The second kappa shape index (κ2) is 7.88. The van der Waals surface area contributed by atoms with Gasteiger partial charge in [-0.3, -0.25) is 14.1 Å². The number of aromatic nitrogens is 3. The van der Waals surface area contributed by atoms with Crippen molar-refractivity contribution in [2.24, 2.45) is 0 Å². The van der Waals surface area contributed by atoms with Crippen molar-refractivity contribution >= 4 is 42.7 Å². The van der Waals surface area contributed by atoms with Gasteiger partial charge in [0, 0.05) is 22.1 Å². The zero-order valence-corrected chi connectivity index (χ0v) is 18.0. The molecule has 4 rings (SSSR count). The van der Waals surface area contributed by atoms with Crippen molar-refractivity contribution in [3.05, 3.63) is 81.7 Å². The predicted molar refractivity (Wildman–Crippen MR) is 117 cm³/mol. The summed E-state index contributed by atoms with van der Waals surface area (Å²) in [5.41, 5.74) is 0.822. The van der Waals surface area contributed by atoms with Crippen LogP contribution >= 0.6 is 15.9 Å². The molecule has 2 heterocycles. The molecule has 0 fully saturated rings. The number of hydrogen-bond donors (Lipinski definition) is 1. The Bertz CT molecular complexity index is 1410. The molecule has 10 heteroatoms. The van der Waals surface area contributed by atoms with Gasteiger partial charge in [0.2, 0.25) is 0 Å². The molecule has 0 bridgehead atoms. The average molecular weight is 487 g/mol. The van der Waals surface area contributed by atoms with Gasteiger partial charge >= 0.3 is 0 Å². The van der Waals surface area contributed by atoms with E-state index in [2.05, 4.69) is 30.8 Å². The third-order valence-corrected chi connectivity index (χ3v) is 6.22. The Labute approximate surface area is 180 Å². The van der Waals surface area contributed by atoms with Crippen molar-refractivity contribution in [3.8, 4) is 11.4 Å². The van der Waals surface area contributed by atoms with E-state index in [0.717, 1.165) is 4.47 Å². The molecule has 0 unspecified atom stereocenters. The van der Waals surface area contributed by atoms with Crippen molar-refractivity contribution in [1.82, 2.24) is 14.8 Å². The standard InChI is InChI=1S/C20H15BrN4O4S/c1-29-18-12-14(21)5-7-17(18)25-16-8-6-15(11-13(16)4-9-20(25)26)30(27,28)24-19-3-2-10-22-23-19/h2-12H,1H3,(H,23,24). The van der Waals surface area contributed by atoms with Gasteiger partial charge in [0.05, 0.1) is 23.2 Å². The highest BCUT2D eigenvalue weighted by molar-refractivity contribution is 9.10. The zero-order valence-electron chi connectivity index (χ0n) is 15.6. The van der Waals surface area contributed by atoms with Crippen LogP contribution in [0.1, 0.15) is 0 Å². The average Bonchev–Trinajstić information content (AvgIpc) is 2.74. The third kappa shape index (κ3) is 3.79. The fraction of sp³-hybridized carbons (Fsp3) is 0.0500. The fourth-order valence-corrected chi connectivity index (χ4v) is 4.40. The summed E-state index contributed by atoms with van der Waals surface area (Å²) < 4.78 is 35.6. The maximum absolute atomic E-state index is 12.7. The number of nitrogens with one attached hydrogen (secondary N) is 1. The molecule has 0 atom stereocenters. The van der Waals surface area contributed by atoms with E-state index >= 15 is 0 Å². The van der Waals surface area contributed by atoms with Gasteiger partial charge in [-0.15, -0.1) is 5.10 Å². The van der Waals surface area contributed by atoms with Crippen LogP contribution in [0.15, 0.2) is 81.0 Å². The van der Waals surface area contributed by atoms with Crippen LogP contribution in [0.2, 0.25) is 0 Å². The van der Waals surface area contributed by atoms with Gasteiger partial charge in [0.1, 0.15) is 5.75 Å². The lowest BCUT2D eigenvalue weighted by Crippen LogP contribution is -2.19. The molecule has 152 valence electrons. The van der Waals surface area contributed by atoms with E-state index in [1.807, 2.05) is 0 Å². The molecule has 0 spiro atoms. The van der Waals surface area contributed by atoms with E-state index in [4.69, 9.17) is 4.74 Å². The van der Waals surface area contributed by atoms with E-state index < -0.39 is 10.0 Å². The highest BCUT2D eigenvalue weighted by Gasteiger charge is 2.17. The van der Waals surface area contributed by atoms with Crippen LogP contribution in [0, 0.1) is 0 Å². The van der Waals surface area contributed by atoms with Crippen LogP contribution in [0.5, 0.6) is 5.75 Å². The Kier molecular flexibility index (Phi) is 5.27. The molecule has 0 amide bonds. The largest absolute Gasteiger partial charge is 0.495 e. The Morgan fingerprint density at radius 1 is 1.07 bits per heavy atom. The summed E-state index contributed by atoms with van der Waals surface area (Å²) >= 11 is 3.39. The van der Waals surface area contributed by atoms with E-state index in [1.54, 1.807) is 36.4 Å². The Morgan fingerprint density at radius 3 is 2.63 bits per heavy atom. The lowest BCUT2D eigenvalue weighted by Gasteiger charge is -2.15. The van der Waals surface area contributed by atoms with Crippen molar-refractivity contribution < 1.29 is 13.2 Å². The summed E-state index contributed by atoms with van der Waals surface area (Å²) in [5.74, 6) is 0.613. The molecule has 1 N–H and O–H groups in total. The van der Waals surface area contributed by atoms with Crippen LogP contribution in [-0.4, -0.2) is 30.3 Å². The first-order chi connectivity index (χ1) is 14.4. The van der Waals surface area contributed by atoms with Crippen molar-refractivity contribution in [2.75, 3.05) is 11.8 Å². The van der Waals surface area contributed by atoms with Crippen LogP contribution in [0.25, 0.3) is 16.6 Å². The van der Waals surface area contributed by atoms with Crippen molar-refractivity contribution in [2.45, 2.75) is 4.90 Å². The summed E-state index contributed by atoms with van der Waals surface area (Å²) in [6, 6.07) is 15.9. The summed E-state index contributed by atoms with van der Waals surface area (Å²) in [6.45, 7) is 0. The van der Waals surface area contributed by atoms with Crippen LogP contribution < -0.4 is 15.0 Å². The van der Waals surface area contributed by atoms with E-state index in [9.17, 15) is 13.2 Å². The van der Waals surface area contributed by atoms with Crippen molar-refractivity contribution in [1.29, 1.82) is 0 Å². The van der Waals surface area contributed by atoms with Gasteiger partial charge in [0.15, 0.2) is 5.82 Å². The highest BCUT2D eigenvalue weighted by atomic mass is 79.9. The molecule has 30 heavy (non-hydrogen) atoms. The summed E-state index contributed by atoms with van der Waals surface area (Å²) in [5, 5.41) is 7.97. The number of benzene rings is 2. The molecule has 0 radical (unpaired) electrons. The molecule has 2 aromatic carbocycles. The third-order valence-electron chi connectivity index (χ3n) is 4.37. The van der Waals surface area contributed by atoms with Gasteiger partial charge in [-0.05, 0) is 54.6 Å². The second-order valence-electron chi connectivity index (χ2n) is 6.26. The first-order valence-corrected chi connectivity index (χ1v) is 11.0. The number of methoxy groups -OCH3 is 1. The Hall–Kier alpha value is -3.24. The normalized spacial score (nSPS) is 11.4. The molecule has 2 aromatic heterocycles. The predicted octanol–water partition coefficient (Wildman–Crippen LogP) is 3.35. The number of rotatable bonds is 5. The SMILES string of the molecule is COc1cc(Br)ccc1-n1c(=O)ccc2cc(S(=O)(=O)Nc3cccnn3)ccc21.